The van der Waals surface area contributed by atoms with E-state index >= 15 is 0 Å². The molecule has 0 spiro atoms. The van der Waals surface area contributed by atoms with E-state index in [2.05, 4.69) is 10.1 Å². The number of ether oxygens (including phenoxy) is 1. The SMILES string of the molecule is CN(CC(=O)Nc1ccccc1OC(F)F)C(c1ccccc1)c1ccc(F)cc1. The minimum atomic E-state index is -2.99. The molecule has 1 atom stereocenters. The molecule has 3 rings (SSSR count). The molecular formula is C23H21F3N2O2. The summed E-state index contributed by atoms with van der Waals surface area (Å²) in [6.07, 6.45) is 0. The Morgan fingerprint density at radius 2 is 1.53 bits per heavy atom. The quantitative estimate of drug-likeness (QED) is 0.559. The fourth-order valence-corrected chi connectivity index (χ4v) is 3.26. The normalized spacial score (nSPS) is 12.1. The topological polar surface area (TPSA) is 41.6 Å². The van der Waals surface area contributed by atoms with Crippen molar-refractivity contribution in [2.75, 3.05) is 18.9 Å². The zero-order chi connectivity index (χ0) is 21.5. The van der Waals surface area contributed by atoms with Gasteiger partial charge in [0.1, 0.15) is 11.6 Å². The summed E-state index contributed by atoms with van der Waals surface area (Å²) in [5, 5.41) is 2.61. The van der Waals surface area contributed by atoms with Crippen LogP contribution in [0.1, 0.15) is 17.2 Å². The number of hydrogen-bond acceptors (Lipinski definition) is 3. The molecule has 30 heavy (non-hydrogen) atoms. The minimum Gasteiger partial charge on any atom is -0.433 e. The minimum absolute atomic E-state index is 0.0278. The number of alkyl halides is 2. The second-order valence-corrected chi connectivity index (χ2v) is 6.70. The molecule has 0 heterocycles. The summed E-state index contributed by atoms with van der Waals surface area (Å²) >= 11 is 0. The molecule has 0 saturated carbocycles. The fourth-order valence-electron chi connectivity index (χ4n) is 3.26. The van der Waals surface area contributed by atoms with Gasteiger partial charge in [0, 0.05) is 0 Å². The number of nitrogens with zero attached hydrogens (tertiary/aromatic N) is 1. The highest BCUT2D eigenvalue weighted by atomic mass is 19.3. The van der Waals surface area contributed by atoms with E-state index in [9.17, 15) is 18.0 Å². The Morgan fingerprint density at radius 3 is 2.20 bits per heavy atom. The number of nitrogens with one attached hydrogen (secondary N) is 1. The lowest BCUT2D eigenvalue weighted by atomic mass is 9.97. The third-order valence-electron chi connectivity index (χ3n) is 4.51. The number of carbonyl (C=O) groups is 1. The van der Waals surface area contributed by atoms with Gasteiger partial charge in [-0.05, 0) is 42.4 Å². The largest absolute Gasteiger partial charge is 0.433 e. The Bertz CT molecular complexity index is 966. The highest BCUT2D eigenvalue weighted by molar-refractivity contribution is 5.93. The maximum absolute atomic E-state index is 13.4. The van der Waals surface area contributed by atoms with E-state index in [0.717, 1.165) is 11.1 Å². The van der Waals surface area contributed by atoms with E-state index in [4.69, 9.17) is 0 Å². The average molecular weight is 414 g/mol. The van der Waals surface area contributed by atoms with Crippen LogP contribution in [0.4, 0.5) is 18.9 Å². The first-order valence-electron chi connectivity index (χ1n) is 9.28. The van der Waals surface area contributed by atoms with Crippen molar-refractivity contribution in [1.82, 2.24) is 4.90 Å². The zero-order valence-corrected chi connectivity index (χ0v) is 16.3. The predicted molar refractivity (Wildman–Crippen MR) is 109 cm³/mol. The Hall–Kier alpha value is -3.32. The summed E-state index contributed by atoms with van der Waals surface area (Å²) in [5.41, 5.74) is 1.91. The lowest BCUT2D eigenvalue weighted by Gasteiger charge is -2.28. The second-order valence-electron chi connectivity index (χ2n) is 6.70. The summed E-state index contributed by atoms with van der Waals surface area (Å²) < 4.78 is 43.0. The van der Waals surface area contributed by atoms with Crippen LogP contribution in [0.25, 0.3) is 0 Å². The molecule has 0 saturated heterocycles. The molecular weight excluding hydrogens is 393 g/mol. The van der Waals surface area contributed by atoms with Crippen molar-refractivity contribution in [3.05, 3.63) is 95.8 Å². The van der Waals surface area contributed by atoms with Gasteiger partial charge < -0.3 is 10.1 Å². The van der Waals surface area contributed by atoms with Crippen LogP contribution < -0.4 is 10.1 Å². The van der Waals surface area contributed by atoms with Gasteiger partial charge in [-0.3, -0.25) is 9.69 Å². The van der Waals surface area contributed by atoms with Gasteiger partial charge in [0.25, 0.3) is 0 Å². The Morgan fingerprint density at radius 1 is 0.933 bits per heavy atom. The Kier molecular flexibility index (Phi) is 7.08. The molecule has 156 valence electrons. The summed E-state index contributed by atoms with van der Waals surface area (Å²) in [6, 6.07) is 21.3. The van der Waals surface area contributed by atoms with Crippen molar-refractivity contribution in [3.8, 4) is 5.75 Å². The molecule has 0 aliphatic carbocycles. The highest BCUT2D eigenvalue weighted by Crippen LogP contribution is 2.29. The molecule has 4 nitrogen and oxygen atoms in total. The van der Waals surface area contributed by atoms with Crippen LogP contribution in [0.2, 0.25) is 0 Å². The van der Waals surface area contributed by atoms with Crippen LogP contribution in [0.5, 0.6) is 5.75 Å². The molecule has 0 fully saturated rings. The van der Waals surface area contributed by atoms with Gasteiger partial charge in [-0.2, -0.15) is 8.78 Å². The number of anilines is 1. The van der Waals surface area contributed by atoms with E-state index in [1.165, 1.54) is 24.3 Å². The molecule has 1 N–H and O–H groups in total. The summed E-state index contributed by atoms with van der Waals surface area (Å²) in [7, 11) is 1.77. The lowest BCUT2D eigenvalue weighted by Crippen LogP contribution is -2.34. The number of amides is 1. The first-order valence-corrected chi connectivity index (χ1v) is 9.28. The van der Waals surface area contributed by atoms with Crippen molar-refractivity contribution in [3.63, 3.8) is 0 Å². The summed E-state index contributed by atoms with van der Waals surface area (Å²) in [4.78, 5) is 14.4. The molecule has 0 bridgehead atoms. The average Bonchev–Trinajstić information content (AvgIpc) is 2.71. The fraction of sp³-hybridized carbons (Fsp3) is 0.174. The Balaban J connectivity index is 1.78. The molecule has 3 aromatic carbocycles. The van der Waals surface area contributed by atoms with Crippen molar-refractivity contribution in [1.29, 1.82) is 0 Å². The predicted octanol–water partition coefficient (Wildman–Crippen LogP) is 5.09. The Labute approximate surface area is 172 Å². The molecule has 7 heteroatoms. The number of carbonyl (C=O) groups excluding carboxylic acids is 1. The lowest BCUT2D eigenvalue weighted by molar-refractivity contribution is -0.117. The van der Waals surface area contributed by atoms with Gasteiger partial charge >= 0.3 is 6.61 Å². The third-order valence-corrected chi connectivity index (χ3v) is 4.51. The van der Waals surface area contributed by atoms with Gasteiger partial charge in [-0.1, -0.05) is 54.6 Å². The maximum Gasteiger partial charge on any atom is 0.387 e. The first-order chi connectivity index (χ1) is 14.4. The smallest absolute Gasteiger partial charge is 0.387 e. The molecule has 0 aliphatic rings. The zero-order valence-electron chi connectivity index (χ0n) is 16.3. The number of hydrogen-bond donors (Lipinski definition) is 1. The van der Waals surface area contributed by atoms with E-state index in [1.807, 2.05) is 30.3 Å². The van der Waals surface area contributed by atoms with Crippen LogP contribution in [0.15, 0.2) is 78.9 Å². The van der Waals surface area contributed by atoms with Crippen molar-refractivity contribution >= 4 is 11.6 Å². The number of halogens is 3. The summed E-state index contributed by atoms with van der Waals surface area (Å²) in [5.74, 6) is -0.853. The standard InChI is InChI=1S/C23H21F3N2O2/c1-28(15-21(29)27-19-9-5-6-10-20(19)30-23(25)26)22(16-7-3-2-4-8-16)17-11-13-18(24)14-12-17/h2-14,22-23H,15H2,1H3,(H,27,29). The molecule has 1 amide bonds. The van der Waals surface area contributed by atoms with Gasteiger partial charge in [0.15, 0.2) is 0 Å². The summed E-state index contributed by atoms with van der Waals surface area (Å²) in [6.45, 7) is -3.02. The van der Waals surface area contributed by atoms with Crippen molar-refractivity contribution in [2.24, 2.45) is 0 Å². The third kappa shape index (κ3) is 5.61. The molecule has 3 aromatic rings. The van der Waals surface area contributed by atoms with Gasteiger partial charge in [-0.25, -0.2) is 4.39 Å². The molecule has 0 aliphatic heterocycles. The van der Waals surface area contributed by atoms with Crippen LogP contribution in [-0.4, -0.2) is 31.0 Å². The number of rotatable bonds is 8. The van der Waals surface area contributed by atoms with Crippen LogP contribution in [0.3, 0.4) is 0 Å². The van der Waals surface area contributed by atoms with Crippen molar-refractivity contribution in [2.45, 2.75) is 12.7 Å². The van der Waals surface area contributed by atoms with E-state index in [1.54, 1.807) is 36.2 Å². The second kappa shape index (κ2) is 9.93. The van der Waals surface area contributed by atoms with Gasteiger partial charge in [0.2, 0.25) is 5.91 Å². The molecule has 0 aromatic heterocycles. The maximum atomic E-state index is 13.4. The molecule has 1 unspecified atom stereocenters. The monoisotopic (exact) mass is 414 g/mol. The van der Waals surface area contributed by atoms with E-state index in [-0.39, 0.29) is 29.8 Å². The van der Waals surface area contributed by atoms with E-state index < -0.39 is 12.5 Å². The van der Waals surface area contributed by atoms with Crippen LogP contribution in [-0.2, 0) is 4.79 Å². The van der Waals surface area contributed by atoms with Gasteiger partial charge in [-0.15, -0.1) is 0 Å². The van der Waals surface area contributed by atoms with Crippen molar-refractivity contribution < 1.29 is 22.7 Å². The highest BCUT2D eigenvalue weighted by Gasteiger charge is 2.22. The molecule has 0 radical (unpaired) electrons. The number of benzene rings is 3. The van der Waals surface area contributed by atoms with E-state index in [0.29, 0.717) is 0 Å². The number of likely N-dealkylation sites (N-methyl/N-ethyl adjacent to an activating group) is 1. The van der Waals surface area contributed by atoms with Crippen LogP contribution in [0, 0.1) is 5.82 Å². The van der Waals surface area contributed by atoms with Gasteiger partial charge in [0.05, 0.1) is 18.3 Å². The first kappa shape index (κ1) is 21.4. The van der Waals surface area contributed by atoms with Crippen LogP contribution >= 0.6 is 0 Å². The number of para-hydroxylation sites is 2.